The van der Waals surface area contributed by atoms with Crippen LogP contribution < -0.4 is 4.90 Å². The minimum atomic E-state index is -0.498. The molecular weight excluding hydrogens is 268 g/mol. The van der Waals surface area contributed by atoms with Crippen LogP contribution in [0, 0.1) is 16.0 Å². The summed E-state index contributed by atoms with van der Waals surface area (Å²) in [6, 6.07) is 0.350. The van der Waals surface area contributed by atoms with Gasteiger partial charge in [-0.05, 0) is 25.2 Å². The fourth-order valence-corrected chi connectivity index (χ4v) is 2.16. The van der Waals surface area contributed by atoms with E-state index in [0.29, 0.717) is 17.8 Å². The standard InChI is InChI=1S/C12H17ClN4O2/c1-8(2)5-6-16(9-3-4-9)12-10(17(18)19)11(13)14-7-15-12/h7-9H,3-6H2,1-2H3. The topological polar surface area (TPSA) is 72.2 Å². The van der Waals surface area contributed by atoms with Gasteiger partial charge in [0.05, 0.1) is 4.92 Å². The molecule has 0 atom stereocenters. The van der Waals surface area contributed by atoms with Gasteiger partial charge >= 0.3 is 5.69 Å². The maximum Gasteiger partial charge on any atom is 0.348 e. The van der Waals surface area contributed by atoms with Crippen LogP contribution in [0.2, 0.25) is 5.15 Å². The van der Waals surface area contributed by atoms with E-state index in [-0.39, 0.29) is 10.8 Å². The molecule has 0 aliphatic heterocycles. The van der Waals surface area contributed by atoms with Gasteiger partial charge in [-0.25, -0.2) is 9.97 Å². The fraction of sp³-hybridized carbons (Fsp3) is 0.667. The van der Waals surface area contributed by atoms with Gasteiger partial charge in [0.2, 0.25) is 11.0 Å². The summed E-state index contributed by atoms with van der Waals surface area (Å²) >= 11 is 5.84. The average Bonchev–Trinajstić information content (AvgIpc) is 3.12. The van der Waals surface area contributed by atoms with E-state index in [1.54, 1.807) is 0 Å². The lowest BCUT2D eigenvalue weighted by Crippen LogP contribution is -2.29. The Morgan fingerprint density at radius 3 is 2.74 bits per heavy atom. The van der Waals surface area contributed by atoms with E-state index >= 15 is 0 Å². The van der Waals surface area contributed by atoms with Gasteiger partial charge in [0.1, 0.15) is 6.33 Å². The average molecular weight is 285 g/mol. The van der Waals surface area contributed by atoms with Gasteiger partial charge < -0.3 is 4.90 Å². The SMILES string of the molecule is CC(C)CCN(c1ncnc(Cl)c1[N+](=O)[O-])C1CC1. The second-order valence-corrected chi connectivity index (χ2v) is 5.56. The first kappa shape index (κ1) is 14.0. The number of halogens is 1. The molecule has 1 aromatic rings. The van der Waals surface area contributed by atoms with Gasteiger partial charge in [-0.1, -0.05) is 25.4 Å². The molecule has 0 spiro atoms. The van der Waals surface area contributed by atoms with E-state index in [0.717, 1.165) is 25.8 Å². The van der Waals surface area contributed by atoms with Gasteiger partial charge in [-0.2, -0.15) is 0 Å². The van der Waals surface area contributed by atoms with Crippen molar-refractivity contribution in [1.29, 1.82) is 0 Å². The van der Waals surface area contributed by atoms with Crippen LogP contribution >= 0.6 is 11.6 Å². The highest BCUT2D eigenvalue weighted by Crippen LogP contribution is 2.38. The minimum absolute atomic E-state index is 0.0924. The third-order valence-corrected chi connectivity index (χ3v) is 3.42. The van der Waals surface area contributed by atoms with Gasteiger partial charge in [-0.3, -0.25) is 10.1 Å². The van der Waals surface area contributed by atoms with Crippen LogP contribution in [0.3, 0.4) is 0 Å². The molecule has 0 unspecified atom stereocenters. The van der Waals surface area contributed by atoms with Gasteiger partial charge in [0.25, 0.3) is 0 Å². The van der Waals surface area contributed by atoms with Crippen molar-refractivity contribution in [2.45, 2.75) is 39.2 Å². The minimum Gasteiger partial charge on any atom is -0.348 e. The van der Waals surface area contributed by atoms with E-state index in [1.807, 2.05) is 4.90 Å². The summed E-state index contributed by atoms with van der Waals surface area (Å²) in [6.07, 6.45) is 4.36. The molecule has 1 aliphatic rings. The summed E-state index contributed by atoms with van der Waals surface area (Å²) in [6.45, 7) is 5.02. The summed E-state index contributed by atoms with van der Waals surface area (Å²) in [7, 11) is 0. The van der Waals surface area contributed by atoms with Crippen molar-refractivity contribution in [3.05, 3.63) is 21.6 Å². The number of rotatable bonds is 6. The second-order valence-electron chi connectivity index (χ2n) is 5.20. The first-order valence-corrected chi connectivity index (χ1v) is 6.80. The molecule has 1 saturated carbocycles. The Bertz CT molecular complexity index is 477. The number of nitro groups is 1. The summed E-state index contributed by atoms with van der Waals surface area (Å²) in [5, 5.41) is 11.1. The molecule has 1 aromatic heterocycles. The molecule has 2 rings (SSSR count). The molecule has 1 aliphatic carbocycles. The molecular formula is C12H17ClN4O2. The third-order valence-electron chi connectivity index (χ3n) is 3.15. The molecule has 7 heteroatoms. The number of aromatic nitrogens is 2. The highest BCUT2D eigenvalue weighted by Gasteiger charge is 2.35. The lowest BCUT2D eigenvalue weighted by molar-refractivity contribution is -0.384. The number of hydrogen-bond donors (Lipinski definition) is 0. The van der Waals surface area contributed by atoms with Crippen LogP contribution in [0.4, 0.5) is 11.5 Å². The Labute approximate surface area is 117 Å². The molecule has 1 fully saturated rings. The molecule has 0 amide bonds. The summed E-state index contributed by atoms with van der Waals surface area (Å²) in [5.41, 5.74) is -0.181. The first-order valence-electron chi connectivity index (χ1n) is 6.42. The summed E-state index contributed by atoms with van der Waals surface area (Å²) in [4.78, 5) is 20.4. The van der Waals surface area contributed by atoms with Crippen molar-refractivity contribution < 1.29 is 4.92 Å². The smallest absolute Gasteiger partial charge is 0.348 e. The van der Waals surface area contributed by atoms with Crippen LogP contribution in [0.5, 0.6) is 0 Å². The van der Waals surface area contributed by atoms with Crippen LogP contribution in [0.1, 0.15) is 33.1 Å². The zero-order valence-electron chi connectivity index (χ0n) is 11.0. The molecule has 19 heavy (non-hydrogen) atoms. The zero-order valence-corrected chi connectivity index (χ0v) is 11.8. The first-order chi connectivity index (χ1) is 9.00. The molecule has 0 bridgehead atoms. The van der Waals surface area contributed by atoms with Crippen LogP contribution in [-0.4, -0.2) is 27.5 Å². The fourth-order valence-electron chi connectivity index (χ4n) is 1.96. The van der Waals surface area contributed by atoms with Crippen LogP contribution in [-0.2, 0) is 0 Å². The predicted octanol–water partition coefficient (Wildman–Crippen LogP) is 3.05. The van der Waals surface area contributed by atoms with Crippen LogP contribution in [0.15, 0.2) is 6.33 Å². The number of anilines is 1. The number of hydrogen-bond acceptors (Lipinski definition) is 5. The molecule has 6 nitrogen and oxygen atoms in total. The van der Waals surface area contributed by atoms with Crippen LogP contribution in [0.25, 0.3) is 0 Å². The van der Waals surface area contributed by atoms with E-state index < -0.39 is 4.92 Å². The highest BCUT2D eigenvalue weighted by molar-refractivity contribution is 6.31. The highest BCUT2D eigenvalue weighted by atomic mass is 35.5. The largest absolute Gasteiger partial charge is 0.348 e. The lowest BCUT2D eigenvalue weighted by atomic mass is 10.1. The molecule has 0 saturated heterocycles. The van der Waals surface area contributed by atoms with E-state index in [9.17, 15) is 10.1 Å². The Morgan fingerprint density at radius 2 is 2.21 bits per heavy atom. The van der Waals surface area contributed by atoms with Crippen molar-refractivity contribution in [2.24, 2.45) is 5.92 Å². The van der Waals surface area contributed by atoms with E-state index in [1.165, 1.54) is 6.33 Å². The van der Waals surface area contributed by atoms with E-state index in [4.69, 9.17) is 11.6 Å². The van der Waals surface area contributed by atoms with Gasteiger partial charge in [0, 0.05) is 12.6 Å². The van der Waals surface area contributed by atoms with Crippen molar-refractivity contribution in [3.63, 3.8) is 0 Å². The second kappa shape index (κ2) is 5.69. The Hall–Kier alpha value is -1.43. The van der Waals surface area contributed by atoms with Crippen molar-refractivity contribution >= 4 is 23.1 Å². The Kier molecular flexibility index (Phi) is 4.19. The summed E-state index contributed by atoms with van der Waals surface area (Å²) < 4.78 is 0. The maximum absolute atomic E-state index is 11.1. The Morgan fingerprint density at radius 1 is 1.53 bits per heavy atom. The van der Waals surface area contributed by atoms with Gasteiger partial charge in [0.15, 0.2) is 0 Å². The third kappa shape index (κ3) is 3.32. The quantitative estimate of drug-likeness (QED) is 0.456. The molecule has 104 valence electrons. The molecule has 0 aromatic carbocycles. The lowest BCUT2D eigenvalue weighted by Gasteiger charge is -2.23. The van der Waals surface area contributed by atoms with Gasteiger partial charge in [-0.15, -0.1) is 0 Å². The predicted molar refractivity (Wildman–Crippen MR) is 73.5 cm³/mol. The summed E-state index contributed by atoms with van der Waals surface area (Å²) in [5.74, 6) is 0.894. The number of nitrogens with zero attached hydrogens (tertiary/aromatic N) is 4. The Balaban J connectivity index is 2.31. The molecule has 0 N–H and O–H groups in total. The monoisotopic (exact) mass is 284 g/mol. The normalized spacial score (nSPS) is 14.7. The molecule has 0 radical (unpaired) electrons. The van der Waals surface area contributed by atoms with Crippen molar-refractivity contribution in [2.75, 3.05) is 11.4 Å². The van der Waals surface area contributed by atoms with Crippen molar-refractivity contribution in [1.82, 2.24) is 9.97 Å². The molecule has 1 heterocycles. The zero-order chi connectivity index (χ0) is 14.0. The maximum atomic E-state index is 11.1. The van der Waals surface area contributed by atoms with Crippen molar-refractivity contribution in [3.8, 4) is 0 Å². The van der Waals surface area contributed by atoms with E-state index in [2.05, 4.69) is 23.8 Å².